The van der Waals surface area contributed by atoms with Gasteiger partial charge in [0.15, 0.2) is 5.69 Å². The lowest BCUT2D eigenvalue weighted by Crippen LogP contribution is -2.02. The lowest BCUT2D eigenvalue weighted by Gasteiger charge is -1.97. The first-order valence-electron chi connectivity index (χ1n) is 4.87. The number of carbonyl (C=O) groups is 1. The van der Waals surface area contributed by atoms with Crippen LogP contribution >= 0.6 is 11.3 Å². The quantitative estimate of drug-likeness (QED) is 0.770. The van der Waals surface area contributed by atoms with Gasteiger partial charge in [0.2, 0.25) is 0 Å². The Morgan fingerprint density at radius 2 is 2.38 bits per heavy atom. The highest BCUT2D eigenvalue weighted by Crippen LogP contribution is 2.29. The van der Waals surface area contributed by atoms with E-state index in [-0.39, 0.29) is 0 Å². The molecule has 0 aliphatic rings. The fraction of sp³-hybridized carbons (Fsp3) is 0.273. The second-order valence-electron chi connectivity index (χ2n) is 3.14. The average Bonchev–Trinajstić information content (AvgIpc) is 2.95. The number of aromatic nitrogens is 1. The Balaban J connectivity index is 2.40. The van der Waals surface area contributed by atoms with Gasteiger partial charge < -0.3 is 9.15 Å². The van der Waals surface area contributed by atoms with Crippen LogP contribution in [0, 0.1) is 0 Å². The van der Waals surface area contributed by atoms with Gasteiger partial charge in [-0.15, -0.1) is 11.3 Å². The van der Waals surface area contributed by atoms with E-state index in [1.165, 1.54) is 18.4 Å². The van der Waals surface area contributed by atoms with Crippen LogP contribution in [0.15, 0.2) is 22.1 Å². The van der Waals surface area contributed by atoms with Crippen molar-refractivity contribution in [3.63, 3.8) is 0 Å². The van der Waals surface area contributed by atoms with Gasteiger partial charge in [-0.3, -0.25) is 0 Å². The van der Waals surface area contributed by atoms with Gasteiger partial charge in [-0.2, -0.15) is 0 Å². The first-order chi connectivity index (χ1) is 7.76. The van der Waals surface area contributed by atoms with Crippen LogP contribution in [0.1, 0.15) is 23.2 Å². The van der Waals surface area contributed by atoms with Crippen LogP contribution in [0.5, 0.6) is 0 Å². The number of esters is 1. The van der Waals surface area contributed by atoms with Crippen molar-refractivity contribution >= 4 is 17.3 Å². The normalized spacial score (nSPS) is 10.4. The lowest BCUT2D eigenvalue weighted by atomic mass is 10.3. The van der Waals surface area contributed by atoms with E-state index in [0.717, 1.165) is 12.2 Å². The summed E-state index contributed by atoms with van der Waals surface area (Å²) in [6.07, 6.45) is 0.826. The number of carbonyl (C=O) groups excluding carboxylic acids is 1. The highest BCUT2D eigenvalue weighted by molar-refractivity contribution is 7.13. The van der Waals surface area contributed by atoms with Crippen molar-refractivity contribution in [3.8, 4) is 10.6 Å². The van der Waals surface area contributed by atoms with E-state index in [2.05, 4.69) is 9.72 Å². The van der Waals surface area contributed by atoms with Crippen LogP contribution in [-0.4, -0.2) is 18.1 Å². The van der Waals surface area contributed by atoms with Crippen LogP contribution in [0.25, 0.3) is 10.6 Å². The predicted octanol–water partition coefficient (Wildman–Crippen LogP) is 2.75. The largest absolute Gasteiger partial charge is 0.464 e. The number of furan rings is 1. The SMILES string of the molecule is CCc1ccc(-c2scnc2C(=O)OC)o1. The standard InChI is InChI=1S/C11H11NO3S/c1-3-7-4-5-8(15-7)10-9(11(13)14-2)12-6-16-10/h4-6H,3H2,1-2H3. The molecule has 2 rings (SSSR count). The van der Waals surface area contributed by atoms with Crippen molar-refractivity contribution in [2.45, 2.75) is 13.3 Å². The Kier molecular flexibility index (Phi) is 3.05. The molecule has 2 aromatic rings. The molecule has 0 atom stereocenters. The van der Waals surface area contributed by atoms with E-state index in [9.17, 15) is 4.79 Å². The van der Waals surface area contributed by atoms with E-state index in [1.807, 2.05) is 19.1 Å². The number of nitrogens with zero attached hydrogens (tertiary/aromatic N) is 1. The van der Waals surface area contributed by atoms with Gasteiger partial charge in [-0.1, -0.05) is 6.92 Å². The molecule has 5 heteroatoms. The molecule has 84 valence electrons. The van der Waals surface area contributed by atoms with Gasteiger partial charge in [0, 0.05) is 6.42 Å². The smallest absolute Gasteiger partial charge is 0.358 e. The molecule has 0 amide bonds. The summed E-state index contributed by atoms with van der Waals surface area (Å²) in [6.45, 7) is 2.01. The van der Waals surface area contributed by atoms with Gasteiger partial charge in [0.25, 0.3) is 0 Å². The maximum Gasteiger partial charge on any atom is 0.358 e. The van der Waals surface area contributed by atoms with Crippen LogP contribution in [0.2, 0.25) is 0 Å². The summed E-state index contributed by atoms with van der Waals surface area (Å²) in [6, 6.07) is 3.74. The Hall–Kier alpha value is -1.62. The maximum atomic E-state index is 11.4. The van der Waals surface area contributed by atoms with Crippen molar-refractivity contribution in [1.82, 2.24) is 4.98 Å². The molecule has 0 aliphatic carbocycles. The topological polar surface area (TPSA) is 52.3 Å². The number of ether oxygens (including phenoxy) is 1. The van der Waals surface area contributed by atoms with Crippen molar-refractivity contribution < 1.29 is 13.9 Å². The molecule has 0 radical (unpaired) electrons. The monoisotopic (exact) mass is 237 g/mol. The number of rotatable bonds is 3. The first-order valence-corrected chi connectivity index (χ1v) is 5.75. The van der Waals surface area contributed by atoms with E-state index < -0.39 is 5.97 Å². The van der Waals surface area contributed by atoms with Crippen LogP contribution < -0.4 is 0 Å². The number of hydrogen-bond acceptors (Lipinski definition) is 5. The summed E-state index contributed by atoms with van der Waals surface area (Å²) in [5.41, 5.74) is 1.92. The predicted molar refractivity (Wildman–Crippen MR) is 60.5 cm³/mol. The number of hydrogen-bond donors (Lipinski definition) is 0. The molecule has 0 aromatic carbocycles. The van der Waals surface area contributed by atoms with Gasteiger partial charge >= 0.3 is 5.97 Å². The molecular formula is C11H11NO3S. The van der Waals surface area contributed by atoms with Crippen molar-refractivity contribution in [3.05, 3.63) is 29.1 Å². The third kappa shape index (κ3) is 1.86. The first kappa shape index (κ1) is 10.9. The second kappa shape index (κ2) is 4.49. The molecule has 0 fully saturated rings. The average molecular weight is 237 g/mol. The third-order valence-corrected chi connectivity index (χ3v) is 3.02. The van der Waals surface area contributed by atoms with Crippen LogP contribution in [0.3, 0.4) is 0 Å². The maximum absolute atomic E-state index is 11.4. The summed E-state index contributed by atoms with van der Waals surface area (Å²) < 4.78 is 10.2. The van der Waals surface area contributed by atoms with Crippen LogP contribution in [-0.2, 0) is 11.2 Å². The molecule has 0 N–H and O–H groups in total. The zero-order valence-corrected chi connectivity index (χ0v) is 9.84. The zero-order valence-electron chi connectivity index (χ0n) is 9.02. The van der Waals surface area contributed by atoms with E-state index >= 15 is 0 Å². The summed E-state index contributed by atoms with van der Waals surface area (Å²) in [7, 11) is 1.34. The molecule has 0 unspecified atom stereocenters. The summed E-state index contributed by atoms with van der Waals surface area (Å²) in [5, 5.41) is 0. The number of methoxy groups -OCH3 is 1. The molecular weight excluding hydrogens is 226 g/mol. The van der Waals surface area contributed by atoms with Gasteiger partial charge in [0.05, 0.1) is 12.6 Å². The lowest BCUT2D eigenvalue weighted by molar-refractivity contribution is 0.0595. The summed E-state index contributed by atoms with van der Waals surface area (Å²) >= 11 is 1.36. The highest BCUT2D eigenvalue weighted by Gasteiger charge is 2.18. The van der Waals surface area contributed by atoms with E-state index in [0.29, 0.717) is 16.3 Å². The molecule has 2 aromatic heterocycles. The zero-order chi connectivity index (χ0) is 11.5. The van der Waals surface area contributed by atoms with E-state index in [4.69, 9.17) is 4.42 Å². The second-order valence-corrected chi connectivity index (χ2v) is 4.00. The Bertz CT molecular complexity index is 501. The van der Waals surface area contributed by atoms with Gasteiger partial charge in [0.1, 0.15) is 16.4 Å². The minimum atomic E-state index is -0.439. The van der Waals surface area contributed by atoms with Gasteiger partial charge in [-0.05, 0) is 12.1 Å². The molecule has 4 nitrogen and oxygen atoms in total. The van der Waals surface area contributed by atoms with Gasteiger partial charge in [-0.25, -0.2) is 9.78 Å². The molecule has 16 heavy (non-hydrogen) atoms. The number of aryl methyl sites for hydroxylation is 1. The third-order valence-electron chi connectivity index (χ3n) is 2.18. The number of thiazole rings is 1. The van der Waals surface area contributed by atoms with Crippen molar-refractivity contribution in [2.24, 2.45) is 0 Å². The molecule has 0 saturated carbocycles. The molecule has 0 aliphatic heterocycles. The fourth-order valence-corrected chi connectivity index (χ4v) is 2.09. The van der Waals surface area contributed by atoms with Crippen LogP contribution in [0.4, 0.5) is 0 Å². The minimum absolute atomic E-state index is 0.310. The fourth-order valence-electron chi connectivity index (χ4n) is 1.35. The highest BCUT2D eigenvalue weighted by atomic mass is 32.1. The molecule has 2 heterocycles. The van der Waals surface area contributed by atoms with Crippen molar-refractivity contribution in [1.29, 1.82) is 0 Å². The van der Waals surface area contributed by atoms with Crippen molar-refractivity contribution in [2.75, 3.05) is 7.11 Å². The molecule has 0 bridgehead atoms. The Labute approximate surface area is 96.9 Å². The molecule has 0 saturated heterocycles. The Morgan fingerprint density at radius 1 is 1.56 bits per heavy atom. The van der Waals surface area contributed by atoms with E-state index in [1.54, 1.807) is 5.51 Å². The summed E-state index contributed by atoms with van der Waals surface area (Å²) in [4.78, 5) is 16.1. The Morgan fingerprint density at radius 3 is 3.00 bits per heavy atom. The molecule has 0 spiro atoms. The minimum Gasteiger partial charge on any atom is -0.464 e. The summed E-state index contributed by atoms with van der Waals surface area (Å²) in [5.74, 6) is 1.12.